The van der Waals surface area contributed by atoms with Crippen LogP contribution >= 0.6 is 15.9 Å². The molecule has 2 N–H and O–H groups in total. The average Bonchev–Trinajstić information content (AvgIpc) is 3.57. The van der Waals surface area contributed by atoms with E-state index < -0.39 is 16.1 Å². The van der Waals surface area contributed by atoms with E-state index in [0.717, 1.165) is 18.4 Å². The molecule has 2 aliphatic rings. The molecule has 1 saturated heterocycles. The fourth-order valence-corrected chi connectivity index (χ4v) is 5.58. The van der Waals surface area contributed by atoms with Gasteiger partial charge in [-0.2, -0.15) is 0 Å². The van der Waals surface area contributed by atoms with Crippen LogP contribution in [-0.4, -0.2) is 43.5 Å². The molecule has 0 aromatic heterocycles. The average molecular weight is 493 g/mol. The van der Waals surface area contributed by atoms with Crippen LogP contribution in [0.5, 0.6) is 0 Å². The molecule has 4 rings (SSSR count). The maximum Gasteiger partial charge on any atom is 0.255 e. The first-order valence-electron chi connectivity index (χ1n) is 10.2. The Morgan fingerprint density at radius 1 is 1.07 bits per heavy atom. The van der Waals surface area contributed by atoms with Gasteiger partial charge < -0.3 is 10.0 Å². The van der Waals surface area contributed by atoms with Crippen molar-refractivity contribution < 1.29 is 18.3 Å². The van der Waals surface area contributed by atoms with Gasteiger partial charge in [0.2, 0.25) is 10.0 Å². The molecule has 1 atom stereocenters. The highest BCUT2D eigenvalue weighted by Gasteiger charge is 2.31. The molecule has 0 radical (unpaired) electrons. The van der Waals surface area contributed by atoms with E-state index in [9.17, 15) is 18.3 Å². The lowest BCUT2D eigenvalue weighted by Gasteiger charge is -2.34. The van der Waals surface area contributed by atoms with Crippen molar-refractivity contribution in [2.45, 2.75) is 42.7 Å². The first-order valence-corrected chi connectivity index (χ1v) is 12.5. The van der Waals surface area contributed by atoms with Gasteiger partial charge in [-0.1, -0.05) is 30.3 Å². The summed E-state index contributed by atoms with van der Waals surface area (Å²) < 4.78 is 28.3. The van der Waals surface area contributed by atoms with Gasteiger partial charge in [0, 0.05) is 23.6 Å². The molecule has 1 aliphatic heterocycles. The van der Waals surface area contributed by atoms with Gasteiger partial charge in [-0.3, -0.25) is 4.79 Å². The molecular formula is C22H25BrN2O4S. The maximum atomic E-state index is 13.1. The Kier molecular flexibility index (Phi) is 6.29. The van der Waals surface area contributed by atoms with E-state index in [1.165, 1.54) is 12.1 Å². The third-order valence-electron chi connectivity index (χ3n) is 5.79. The van der Waals surface area contributed by atoms with Crippen LogP contribution in [0.1, 0.15) is 47.7 Å². The van der Waals surface area contributed by atoms with E-state index in [-0.39, 0.29) is 22.8 Å². The quantitative estimate of drug-likeness (QED) is 0.646. The number of benzene rings is 2. The van der Waals surface area contributed by atoms with Crippen molar-refractivity contribution in [2.75, 3.05) is 13.1 Å². The summed E-state index contributed by atoms with van der Waals surface area (Å²) in [5, 5.41) is 10.6. The van der Waals surface area contributed by atoms with Gasteiger partial charge in [0.25, 0.3) is 5.91 Å². The molecule has 2 aromatic carbocycles. The Balaban J connectivity index is 1.44. The van der Waals surface area contributed by atoms with Crippen molar-refractivity contribution in [1.29, 1.82) is 0 Å². The fourth-order valence-electron chi connectivity index (χ4n) is 3.84. The number of carbonyl (C=O) groups is 1. The van der Waals surface area contributed by atoms with Gasteiger partial charge in [0.1, 0.15) is 0 Å². The molecule has 6 nitrogen and oxygen atoms in total. The highest BCUT2D eigenvalue weighted by Crippen LogP contribution is 2.32. The SMILES string of the molecule is O=C(c1cc(S(=O)(=O)NC2CC2)ccc1Br)N1CCC(C(O)c2ccccc2)CC1. The second kappa shape index (κ2) is 8.78. The van der Waals surface area contributed by atoms with Crippen LogP contribution in [0.3, 0.4) is 0 Å². The largest absolute Gasteiger partial charge is 0.388 e. The van der Waals surface area contributed by atoms with E-state index in [4.69, 9.17) is 0 Å². The summed E-state index contributed by atoms with van der Waals surface area (Å²) in [6.07, 6.45) is 2.55. The van der Waals surface area contributed by atoms with E-state index in [1.54, 1.807) is 11.0 Å². The Bertz CT molecular complexity index is 1020. The number of nitrogens with zero attached hydrogens (tertiary/aromatic N) is 1. The van der Waals surface area contributed by atoms with Crippen LogP contribution in [0.25, 0.3) is 0 Å². The summed E-state index contributed by atoms with van der Waals surface area (Å²) in [5.74, 6) is -0.104. The predicted molar refractivity (Wildman–Crippen MR) is 118 cm³/mol. The van der Waals surface area contributed by atoms with Gasteiger partial charge in [0.05, 0.1) is 16.6 Å². The van der Waals surface area contributed by atoms with Crippen molar-refractivity contribution in [3.63, 3.8) is 0 Å². The summed E-state index contributed by atoms with van der Waals surface area (Å²) in [4.78, 5) is 14.9. The summed E-state index contributed by atoms with van der Waals surface area (Å²) in [6, 6.07) is 14.2. The number of piperidine rings is 1. The van der Waals surface area contributed by atoms with Crippen molar-refractivity contribution in [1.82, 2.24) is 9.62 Å². The minimum atomic E-state index is -3.63. The lowest BCUT2D eigenvalue weighted by molar-refractivity contribution is 0.0461. The van der Waals surface area contributed by atoms with Crippen molar-refractivity contribution in [2.24, 2.45) is 5.92 Å². The Morgan fingerprint density at radius 2 is 1.73 bits per heavy atom. The number of hydrogen-bond donors (Lipinski definition) is 2. The Labute approximate surface area is 185 Å². The summed E-state index contributed by atoms with van der Waals surface area (Å²) in [5.41, 5.74) is 1.24. The molecule has 30 heavy (non-hydrogen) atoms. The Morgan fingerprint density at radius 3 is 2.37 bits per heavy atom. The number of aliphatic hydroxyl groups excluding tert-OH is 1. The zero-order valence-electron chi connectivity index (χ0n) is 16.5. The van der Waals surface area contributed by atoms with Crippen LogP contribution in [0, 0.1) is 5.92 Å². The number of sulfonamides is 1. The molecule has 1 saturated carbocycles. The molecule has 0 spiro atoms. The topological polar surface area (TPSA) is 86.7 Å². The summed E-state index contributed by atoms with van der Waals surface area (Å²) >= 11 is 3.39. The van der Waals surface area contributed by atoms with Crippen LogP contribution in [0.15, 0.2) is 57.9 Å². The second-order valence-corrected chi connectivity index (χ2v) is 10.6. The van der Waals surface area contributed by atoms with E-state index in [2.05, 4.69) is 20.7 Å². The van der Waals surface area contributed by atoms with E-state index in [0.29, 0.717) is 36.0 Å². The summed E-state index contributed by atoms with van der Waals surface area (Å²) in [6.45, 7) is 1.05. The van der Waals surface area contributed by atoms with Gasteiger partial charge in [0.15, 0.2) is 0 Å². The number of carbonyl (C=O) groups excluding carboxylic acids is 1. The van der Waals surface area contributed by atoms with E-state index in [1.807, 2.05) is 30.3 Å². The second-order valence-electron chi connectivity index (χ2n) is 8.02. The zero-order chi connectivity index (χ0) is 21.3. The number of amides is 1. The molecule has 0 bridgehead atoms. The minimum Gasteiger partial charge on any atom is -0.388 e. The van der Waals surface area contributed by atoms with Crippen molar-refractivity contribution >= 4 is 31.9 Å². The van der Waals surface area contributed by atoms with Crippen LogP contribution < -0.4 is 4.72 Å². The van der Waals surface area contributed by atoms with Crippen molar-refractivity contribution in [3.05, 3.63) is 64.1 Å². The lowest BCUT2D eigenvalue weighted by atomic mass is 9.87. The van der Waals surface area contributed by atoms with Gasteiger partial charge in [-0.15, -0.1) is 0 Å². The predicted octanol–water partition coefficient (Wildman–Crippen LogP) is 3.48. The molecule has 1 unspecified atom stereocenters. The molecule has 1 amide bonds. The van der Waals surface area contributed by atoms with Gasteiger partial charge in [-0.05, 0) is 71.3 Å². The van der Waals surface area contributed by atoms with Crippen LogP contribution in [-0.2, 0) is 10.0 Å². The monoisotopic (exact) mass is 492 g/mol. The van der Waals surface area contributed by atoms with Crippen molar-refractivity contribution in [3.8, 4) is 0 Å². The number of aliphatic hydroxyl groups is 1. The maximum absolute atomic E-state index is 13.1. The Hall–Kier alpha value is -1.74. The molecule has 2 aromatic rings. The van der Waals surface area contributed by atoms with Gasteiger partial charge in [-0.25, -0.2) is 13.1 Å². The standard InChI is InChI=1S/C22H25BrN2O4S/c23-20-9-8-18(30(28,29)24-17-6-7-17)14-19(20)22(27)25-12-10-16(11-13-25)21(26)15-4-2-1-3-5-15/h1-5,8-9,14,16-17,21,24,26H,6-7,10-13H2. The number of nitrogens with one attached hydrogen (secondary N) is 1. The first kappa shape index (κ1) is 21.5. The minimum absolute atomic E-state index is 0.00729. The molecule has 2 fully saturated rings. The summed E-state index contributed by atoms with van der Waals surface area (Å²) in [7, 11) is -3.63. The first-order chi connectivity index (χ1) is 14.3. The smallest absolute Gasteiger partial charge is 0.255 e. The molecular weight excluding hydrogens is 468 g/mol. The molecule has 1 heterocycles. The number of hydrogen-bond acceptors (Lipinski definition) is 4. The van der Waals surface area contributed by atoms with Gasteiger partial charge >= 0.3 is 0 Å². The molecule has 1 aliphatic carbocycles. The van der Waals surface area contributed by atoms with Crippen LogP contribution in [0.2, 0.25) is 0 Å². The third-order valence-corrected chi connectivity index (χ3v) is 8.00. The number of halogens is 1. The van der Waals surface area contributed by atoms with E-state index >= 15 is 0 Å². The molecule has 8 heteroatoms. The highest BCUT2D eigenvalue weighted by atomic mass is 79.9. The molecule has 160 valence electrons. The lowest BCUT2D eigenvalue weighted by Crippen LogP contribution is -2.40. The zero-order valence-corrected chi connectivity index (χ0v) is 18.9. The number of rotatable bonds is 6. The highest BCUT2D eigenvalue weighted by molar-refractivity contribution is 9.10. The fraction of sp³-hybridized carbons (Fsp3) is 0.409. The third kappa shape index (κ3) is 4.77. The number of likely N-dealkylation sites (tertiary alicyclic amines) is 1. The normalized spacial score (nSPS) is 18.9. The van der Waals surface area contributed by atoms with Crippen LogP contribution in [0.4, 0.5) is 0 Å².